The molecule has 4 heteroatoms. The van der Waals surface area contributed by atoms with Crippen LogP contribution in [0.3, 0.4) is 0 Å². The van der Waals surface area contributed by atoms with Crippen molar-refractivity contribution in [1.82, 2.24) is 9.96 Å². The Bertz CT molecular complexity index is 177. The van der Waals surface area contributed by atoms with Gasteiger partial charge in [0.2, 0.25) is 0 Å². The van der Waals surface area contributed by atoms with E-state index in [0.717, 1.165) is 26.2 Å². The predicted octanol–water partition coefficient (Wildman–Crippen LogP) is 2.03. The summed E-state index contributed by atoms with van der Waals surface area (Å²) in [6, 6.07) is 0. The van der Waals surface area contributed by atoms with Crippen LogP contribution in [0.2, 0.25) is 0 Å². The molecule has 0 amide bonds. The summed E-state index contributed by atoms with van der Waals surface area (Å²) in [6.45, 7) is 8.06. The molecule has 0 aliphatic carbocycles. The summed E-state index contributed by atoms with van der Waals surface area (Å²) in [6.07, 6.45) is 3.76. The Balaban J connectivity index is 2.30. The third-order valence-electron chi connectivity index (χ3n) is 2.54. The van der Waals surface area contributed by atoms with Crippen molar-refractivity contribution in [3.8, 4) is 0 Å². The third kappa shape index (κ3) is 3.42. The summed E-state index contributed by atoms with van der Waals surface area (Å²) < 4.78 is 0. The highest BCUT2D eigenvalue weighted by atomic mass is 32.1. The van der Waals surface area contributed by atoms with Crippen LogP contribution in [0.5, 0.6) is 0 Å². The van der Waals surface area contributed by atoms with Gasteiger partial charge in [-0.15, -0.1) is 5.06 Å². The molecule has 1 fully saturated rings. The summed E-state index contributed by atoms with van der Waals surface area (Å²) >= 11 is 5.22. The molecule has 1 heterocycles. The van der Waals surface area contributed by atoms with E-state index in [1.807, 2.05) is 5.06 Å². The van der Waals surface area contributed by atoms with Crippen LogP contribution in [-0.2, 0) is 4.84 Å². The summed E-state index contributed by atoms with van der Waals surface area (Å²) in [5.74, 6) is 0. The lowest BCUT2D eigenvalue weighted by atomic mass is 10.2. The van der Waals surface area contributed by atoms with Crippen molar-refractivity contribution < 1.29 is 4.84 Å². The first-order valence-corrected chi connectivity index (χ1v) is 5.90. The normalized spacial score (nSPS) is 17.9. The molecule has 82 valence electrons. The molecule has 1 saturated heterocycles. The monoisotopic (exact) mass is 216 g/mol. The minimum Gasteiger partial charge on any atom is -0.375 e. The topological polar surface area (TPSA) is 15.7 Å². The largest absolute Gasteiger partial charge is 0.375 e. The Morgan fingerprint density at radius 1 is 1.21 bits per heavy atom. The molecule has 14 heavy (non-hydrogen) atoms. The molecule has 1 aliphatic rings. The molecule has 0 bridgehead atoms. The van der Waals surface area contributed by atoms with Crippen molar-refractivity contribution in [3.63, 3.8) is 0 Å². The molecule has 0 N–H and O–H groups in total. The van der Waals surface area contributed by atoms with Crippen molar-refractivity contribution in [1.29, 1.82) is 0 Å². The van der Waals surface area contributed by atoms with Crippen LogP contribution in [-0.4, -0.2) is 41.3 Å². The predicted molar refractivity (Wildman–Crippen MR) is 62.0 cm³/mol. The maximum atomic E-state index is 5.63. The highest BCUT2D eigenvalue weighted by Crippen LogP contribution is 2.10. The van der Waals surface area contributed by atoms with E-state index >= 15 is 0 Å². The number of thiocarbonyl (C=S) groups is 1. The first kappa shape index (κ1) is 11.7. The minimum atomic E-state index is 0.622. The summed E-state index contributed by atoms with van der Waals surface area (Å²) in [5, 5.41) is 2.61. The van der Waals surface area contributed by atoms with Gasteiger partial charge < -0.3 is 9.74 Å². The maximum absolute atomic E-state index is 5.63. The van der Waals surface area contributed by atoms with Gasteiger partial charge in [-0.3, -0.25) is 0 Å². The molecule has 0 radical (unpaired) electrons. The average molecular weight is 216 g/mol. The van der Waals surface area contributed by atoms with Gasteiger partial charge in [-0.25, -0.2) is 0 Å². The molecule has 0 aromatic heterocycles. The van der Waals surface area contributed by atoms with Gasteiger partial charge in [0.1, 0.15) is 0 Å². The van der Waals surface area contributed by atoms with Gasteiger partial charge in [0.05, 0.1) is 0 Å². The molecule has 1 aliphatic heterocycles. The van der Waals surface area contributed by atoms with E-state index in [4.69, 9.17) is 17.1 Å². The number of nitrogens with zero attached hydrogens (tertiary/aromatic N) is 2. The molecule has 0 unspecified atom stereocenters. The third-order valence-corrected chi connectivity index (χ3v) is 2.88. The number of hydrogen-bond donors (Lipinski definition) is 0. The van der Waals surface area contributed by atoms with Crippen LogP contribution in [0.25, 0.3) is 0 Å². The van der Waals surface area contributed by atoms with Crippen molar-refractivity contribution in [3.05, 3.63) is 0 Å². The molecule has 3 nitrogen and oxygen atoms in total. The van der Waals surface area contributed by atoms with Gasteiger partial charge in [-0.1, -0.05) is 6.42 Å². The molecular weight excluding hydrogens is 196 g/mol. The zero-order valence-electron chi connectivity index (χ0n) is 9.16. The second kappa shape index (κ2) is 6.19. The van der Waals surface area contributed by atoms with Crippen LogP contribution < -0.4 is 0 Å². The SMILES string of the molecule is CCN(CC)C(=S)ON1CCCCC1. The Labute approximate surface area is 92.0 Å². The van der Waals surface area contributed by atoms with E-state index < -0.39 is 0 Å². The highest BCUT2D eigenvalue weighted by molar-refractivity contribution is 7.80. The van der Waals surface area contributed by atoms with Crippen molar-refractivity contribution in [2.75, 3.05) is 26.2 Å². The second-order valence-corrected chi connectivity index (χ2v) is 3.87. The van der Waals surface area contributed by atoms with Crippen molar-refractivity contribution in [2.24, 2.45) is 0 Å². The summed E-state index contributed by atoms with van der Waals surface area (Å²) in [7, 11) is 0. The first-order valence-electron chi connectivity index (χ1n) is 5.49. The Morgan fingerprint density at radius 2 is 1.79 bits per heavy atom. The van der Waals surface area contributed by atoms with Crippen LogP contribution in [0.15, 0.2) is 0 Å². The Hall–Kier alpha value is -0.350. The highest BCUT2D eigenvalue weighted by Gasteiger charge is 2.15. The Kier molecular flexibility index (Phi) is 5.19. The average Bonchev–Trinajstić information content (AvgIpc) is 2.21. The van der Waals surface area contributed by atoms with Crippen LogP contribution >= 0.6 is 12.2 Å². The number of hydroxylamine groups is 2. The molecule has 0 aromatic rings. The molecule has 0 aromatic carbocycles. The van der Waals surface area contributed by atoms with E-state index in [1.54, 1.807) is 0 Å². The lowest BCUT2D eigenvalue weighted by Crippen LogP contribution is -2.39. The zero-order valence-corrected chi connectivity index (χ0v) is 9.98. The zero-order chi connectivity index (χ0) is 10.4. The standard InChI is InChI=1S/C10H20N2OS/c1-3-11(4-2)10(14)13-12-8-6-5-7-9-12/h3-9H2,1-2H3. The van der Waals surface area contributed by atoms with E-state index in [9.17, 15) is 0 Å². The number of rotatable bonds is 3. The van der Waals surface area contributed by atoms with Crippen LogP contribution in [0.4, 0.5) is 0 Å². The van der Waals surface area contributed by atoms with E-state index in [0.29, 0.717) is 5.17 Å². The van der Waals surface area contributed by atoms with Crippen molar-refractivity contribution in [2.45, 2.75) is 33.1 Å². The fourth-order valence-electron chi connectivity index (χ4n) is 1.61. The van der Waals surface area contributed by atoms with Gasteiger partial charge in [0.25, 0.3) is 5.17 Å². The molecule has 0 atom stereocenters. The lowest BCUT2D eigenvalue weighted by molar-refractivity contribution is -0.0942. The van der Waals surface area contributed by atoms with Gasteiger partial charge >= 0.3 is 0 Å². The molecule has 1 rings (SSSR count). The fourth-order valence-corrected chi connectivity index (χ4v) is 1.97. The lowest BCUT2D eigenvalue weighted by Gasteiger charge is -2.29. The number of hydrogen-bond acceptors (Lipinski definition) is 3. The quantitative estimate of drug-likeness (QED) is 0.670. The van der Waals surface area contributed by atoms with Crippen LogP contribution in [0, 0.1) is 0 Å². The molecular formula is C10H20N2OS. The number of piperidine rings is 1. The summed E-state index contributed by atoms with van der Waals surface area (Å²) in [4.78, 5) is 7.69. The smallest absolute Gasteiger partial charge is 0.281 e. The summed E-state index contributed by atoms with van der Waals surface area (Å²) in [5.41, 5.74) is 0. The molecule has 0 saturated carbocycles. The van der Waals surface area contributed by atoms with Gasteiger partial charge in [0.15, 0.2) is 0 Å². The van der Waals surface area contributed by atoms with Gasteiger partial charge in [0, 0.05) is 26.2 Å². The first-order chi connectivity index (χ1) is 6.77. The maximum Gasteiger partial charge on any atom is 0.281 e. The van der Waals surface area contributed by atoms with E-state index in [-0.39, 0.29) is 0 Å². The fraction of sp³-hybridized carbons (Fsp3) is 0.900. The van der Waals surface area contributed by atoms with Gasteiger partial charge in [-0.2, -0.15) is 0 Å². The molecule has 0 spiro atoms. The second-order valence-electron chi connectivity index (χ2n) is 3.52. The van der Waals surface area contributed by atoms with E-state index in [2.05, 4.69) is 18.7 Å². The van der Waals surface area contributed by atoms with Gasteiger partial charge in [-0.05, 0) is 38.9 Å². The van der Waals surface area contributed by atoms with Crippen molar-refractivity contribution >= 4 is 17.4 Å². The van der Waals surface area contributed by atoms with Crippen LogP contribution in [0.1, 0.15) is 33.1 Å². The van der Waals surface area contributed by atoms with E-state index in [1.165, 1.54) is 19.3 Å². The Morgan fingerprint density at radius 3 is 2.29 bits per heavy atom. The minimum absolute atomic E-state index is 0.622.